The van der Waals surface area contributed by atoms with Gasteiger partial charge in [-0.1, -0.05) is 47.8 Å². The number of aliphatic imine (C=N–C) groups is 1. The SMILES string of the molecule is O=C(CSc1nc2ccc(N=Cc3ccc(Sc4ccccn4)c([N+](=O)[O-])c3)cc2s1)Nc1ccccc1C(F)(F)F. The van der Waals surface area contributed by atoms with Crippen LogP contribution in [0.1, 0.15) is 11.1 Å². The first-order valence-corrected chi connectivity index (χ1v) is 14.7. The Kier molecular flexibility index (Phi) is 8.85. The van der Waals surface area contributed by atoms with E-state index in [0.717, 1.165) is 22.5 Å². The first-order valence-electron chi connectivity index (χ1n) is 12.1. The first kappa shape index (κ1) is 29.2. The fourth-order valence-electron chi connectivity index (χ4n) is 3.70. The summed E-state index contributed by atoms with van der Waals surface area (Å²) < 4.78 is 40.9. The minimum Gasteiger partial charge on any atom is -0.325 e. The standard InChI is InChI=1S/C28H18F3N5O3S3/c29-28(30,31)19-5-1-2-6-20(19)34-25(37)16-40-27-35-21-10-9-18(14-24(21)42-27)33-15-17-8-11-23(22(13-17)36(38)39)41-26-7-3-4-12-32-26/h1-15H,16H2,(H,34,37). The van der Waals surface area contributed by atoms with Gasteiger partial charge in [0, 0.05) is 18.5 Å². The molecule has 1 N–H and O–H groups in total. The van der Waals surface area contributed by atoms with Gasteiger partial charge in [-0.15, -0.1) is 11.3 Å². The van der Waals surface area contributed by atoms with Crippen molar-refractivity contribution in [1.29, 1.82) is 0 Å². The van der Waals surface area contributed by atoms with Crippen molar-refractivity contribution in [2.45, 2.75) is 20.4 Å². The number of benzene rings is 3. The second kappa shape index (κ2) is 12.7. The molecule has 5 aromatic rings. The van der Waals surface area contributed by atoms with Crippen molar-refractivity contribution in [3.8, 4) is 0 Å². The molecular formula is C28H18F3N5O3S3. The number of alkyl halides is 3. The highest BCUT2D eigenvalue weighted by molar-refractivity contribution is 8.01. The van der Waals surface area contributed by atoms with Crippen LogP contribution < -0.4 is 5.32 Å². The lowest BCUT2D eigenvalue weighted by Gasteiger charge is -2.13. The smallest absolute Gasteiger partial charge is 0.325 e. The molecule has 0 aliphatic heterocycles. The van der Waals surface area contributed by atoms with Crippen molar-refractivity contribution in [3.05, 3.63) is 106 Å². The molecule has 0 aliphatic rings. The third kappa shape index (κ3) is 7.32. The number of anilines is 1. The molecule has 212 valence electrons. The number of hydrogen-bond donors (Lipinski definition) is 1. The fraction of sp³-hybridized carbons (Fsp3) is 0.0714. The lowest BCUT2D eigenvalue weighted by atomic mass is 10.1. The number of carbonyl (C=O) groups is 1. The Morgan fingerprint density at radius 3 is 2.64 bits per heavy atom. The monoisotopic (exact) mass is 625 g/mol. The van der Waals surface area contributed by atoms with Crippen molar-refractivity contribution in [2.75, 3.05) is 11.1 Å². The molecule has 0 unspecified atom stereocenters. The van der Waals surface area contributed by atoms with Gasteiger partial charge in [0.15, 0.2) is 4.34 Å². The van der Waals surface area contributed by atoms with Gasteiger partial charge in [-0.25, -0.2) is 9.97 Å². The number of nitro benzene ring substituents is 1. The Labute approximate surface area is 249 Å². The summed E-state index contributed by atoms with van der Waals surface area (Å²) in [7, 11) is 0. The highest BCUT2D eigenvalue weighted by atomic mass is 32.2. The molecule has 0 saturated carbocycles. The molecule has 0 atom stereocenters. The van der Waals surface area contributed by atoms with Crippen LogP contribution >= 0.6 is 34.9 Å². The summed E-state index contributed by atoms with van der Waals surface area (Å²) in [5.74, 6) is -0.704. The second-order valence-corrected chi connectivity index (χ2v) is 11.8. The number of carbonyl (C=O) groups excluding carboxylic acids is 1. The van der Waals surface area contributed by atoms with E-state index in [1.165, 1.54) is 53.6 Å². The molecule has 0 spiro atoms. The number of nitrogens with one attached hydrogen (secondary N) is 1. The highest BCUT2D eigenvalue weighted by Gasteiger charge is 2.33. The van der Waals surface area contributed by atoms with E-state index < -0.39 is 22.6 Å². The van der Waals surface area contributed by atoms with E-state index in [1.54, 1.807) is 48.7 Å². The van der Waals surface area contributed by atoms with Crippen molar-refractivity contribution >= 4 is 74.3 Å². The van der Waals surface area contributed by atoms with Gasteiger partial charge in [0.25, 0.3) is 5.69 Å². The Balaban J connectivity index is 1.25. The third-order valence-electron chi connectivity index (χ3n) is 5.58. The minimum absolute atomic E-state index is 0.0555. The zero-order valence-electron chi connectivity index (χ0n) is 21.2. The Bertz CT molecular complexity index is 1800. The van der Waals surface area contributed by atoms with Crippen molar-refractivity contribution < 1.29 is 22.9 Å². The zero-order chi connectivity index (χ0) is 29.7. The van der Waals surface area contributed by atoms with Crippen LogP contribution in [0.4, 0.5) is 30.2 Å². The van der Waals surface area contributed by atoms with Crippen LogP contribution in [0.15, 0.2) is 104 Å². The number of fused-ring (bicyclic) bond motifs is 1. The van der Waals surface area contributed by atoms with Gasteiger partial charge in [-0.2, -0.15) is 13.2 Å². The van der Waals surface area contributed by atoms with Crippen LogP contribution in [-0.2, 0) is 11.0 Å². The summed E-state index contributed by atoms with van der Waals surface area (Å²) in [4.78, 5) is 37.2. The molecule has 3 aromatic carbocycles. The molecular weight excluding hydrogens is 608 g/mol. The molecule has 14 heteroatoms. The van der Waals surface area contributed by atoms with E-state index in [1.807, 2.05) is 6.07 Å². The number of para-hydroxylation sites is 1. The minimum atomic E-state index is -4.58. The summed E-state index contributed by atoms with van der Waals surface area (Å²) in [5.41, 5.74) is 0.556. The van der Waals surface area contributed by atoms with E-state index in [-0.39, 0.29) is 17.1 Å². The van der Waals surface area contributed by atoms with Crippen LogP contribution in [0.25, 0.3) is 10.2 Å². The van der Waals surface area contributed by atoms with Crippen LogP contribution in [0.3, 0.4) is 0 Å². The van der Waals surface area contributed by atoms with E-state index in [2.05, 4.69) is 20.3 Å². The Morgan fingerprint density at radius 1 is 1.07 bits per heavy atom. The molecule has 5 rings (SSSR count). The number of pyridine rings is 1. The van der Waals surface area contributed by atoms with Gasteiger partial charge in [0.2, 0.25) is 5.91 Å². The molecule has 0 saturated heterocycles. The van der Waals surface area contributed by atoms with Crippen molar-refractivity contribution in [1.82, 2.24) is 9.97 Å². The average molecular weight is 626 g/mol. The van der Waals surface area contributed by atoms with Crippen LogP contribution in [0.5, 0.6) is 0 Å². The number of aromatic nitrogens is 2. The van der Waals surface area contributed by atoms with Gasteiger partial charge in [0.05, 0.1) is 42.7 Å². The van der Waals surface area contributed by atoms with E-state index in [0.29, 0.717) is 31.0 Å². The van der Waals surface area contributed by atoms with Crippen molar-refractivity contribution in [2.24, 2.45) is 4.99 Å². The third-order valence-corrected chi connectivity index (χ3v) is 8.76. The van der Waals surface area contributed by atoms with Gasteiger partial charge < -0.3 is 5.32 Å². The van der Waals surface area contributed by atoms with Crippen LogP contribution in [0, 0.1) is 10.1 Å². The molecule has 0 bridgehead atoms. The second-order valence-electron chi connectivity index (χ2n) is 8.52. The predicted octanol–water partition coefficient (Wildman–Crippen LogP) is 8.25. The molecule has 2 heterocycles. The highest BCUT2D eigenvalue weighted by Crippen LogP contribution is 2.36. The topological polar surface area (TPSA) is 110 Å². The molecule has 2 aromatic heterocycles. The summed E-state index contributed by atoms with van der Waals surface area (Å²) >= 11 is 3.63. The summed E-state index contributed by atoms with van der Waals surface area (Å²) in [5, 5.41) is 14.6. The lowest BCUT2D eigenvalue weighted by molar-refractivity contribution is -0.387. The summed E-state index contributed by atoms with van der Waals surface area (Å²) in [6.45, 7) is 0. The summed E-state index contributed by atoms with van der Waals surface area (Å²) in [6, 6.07) is 20.3. The van der Waals surface area contributed by atoms with Crippen molar-refractivity contribution in [3.63, 3.8) is 0 Å². The molecule has 0 fully saturated rings. The number of rotatable bonds is 9. The number of thiazole rings is 1. The lowest BCUT2D eigenvalue weighted by Crippen LogP contribution is -2.18. The first-order chi connectivity index (χ1) is 20.2. The number of thioether (sulfide) groups is 1. The number of halogens is 3. The quantitative estimate of drug-likeness (QED) is 0.0760. The van der Waals surface area contributed by atoms with Gasteiger partial charge >= 0.3 is 6.18 Å². The maximum absolute atomic E-state index is 13.2. The van der Waals surface area contributed by atoms with E-state index in [4.69, 9.17) is 0 Å². The van der Waals surface area contributed by atoms with Crippen LogP contribution in [0.2, 0.25) is 0 Å². The number of nitro groups is 1. The Morgan fingerprint density at radius 2 is 1.88 bits per heavy atom. The molecule has 1 amide bonds. The molecule has 8 nitrogen and oxygen atoms in total. The number of hydrogen-bond acceptors (Lipinski definition) is 9. The molecule has 0 radical (unpaired) electrons. The number of nitrogens with zero attached hydrogens (tertiary/aromatic N) is 4. The largest absolute Gasteiger partial charge is 0.418 e. The zero-order valence-corrected chi connectivity index (χ0v) is 23.7. The van der Waals surface area contributed by atoms with Gasteiger partial charge in [-0.05, 0) is 54.1 Å². The maximum Gasteiger partial charge on any atom is 0.418 e. The normalized spacial score (nSPS) is 11.7. The number of amides is 1. The fourth-order valence-corrected chi connectivity index (χ4v) is 6.46. The van der Waals surface area contributed by atoms with Crippen LogP contribution in [-0.4, -0.2) is 32.8 Å². The summed E-state index contributed by atoms with van der Waals surface area (Å²) in [6.07, 6.45) is -1.43. The van der Waals surface area contributed by atoms with E-state index >= 15 is 0 Å². The van der Waals surface area contributed by atoms with Gasteiger partial charge in [-0.3, -0.25) is 19.9 Å². The van der Waals surface area contributed by atoms with Gasteiger partial charge in [0.1, 0.15) is 5.03 Å². The Hall–Kier alpha value is -4.27. The molecule has 0 aliphatic carbocycles. The molecule has 42 heavy (non-hydrogen) atoms. The maximum atomic E-state index is 13.2. The van der Waals surface area contributed by atoms with E-state index in [9.17, 15) is 28.1 Å². The predicted molar refractivity (Wildman–Crippen MR) is 159 cm³/mol. The average Bonchev–Trinajstić information content (AvgIpc) is 3.38.